The molecule has 0 spiro atoms. The number of hydrogen-bond donors (Lipinski definition) is 1. The van der Waals surface area contributed by atoms with E-state index in [1.54, 1.807) is 0 Å². The van der Waals surface area contributed by atoms with Crippen molar-refractivity contribution in [3.8, 4) is 0 Å². The van der Waals surface area contributed by atoms with E-state index in [0.717, 1.165) is 12.8 Å². The molecule has 0 atom stereocenters. The molecular weight excluding hydrogens is 150 g/mol. The molecule has 0 aromatic carbocycles. The van der Waals surface area contributed by atoms with E-state index in [0.29, 0.717) is 24.3 Å². The van der Waals surface area contributed by atoms with Crippen LogP contribution in [0.2, 0.25) is 0 Å². The zero-order valence-corrected chi connectivity index (χ0v) is 7.51. The van der Waals surface area contributed by atoms with Gasteiger partial charge in [-0.05, 0) is 25.7 Å². The second-order valence-electron chi connectivity index (χ2n) is 4.10. The molecule has 0 heterocycles. The topological polar surface area (TPSA) is 29.1 Å². The minimum atomic E-state index is 0.399. The molecule has 2 saturated carbocycles. The monoisotopic (exact) mass is 167 g/mol. The third kappa shape index (κ3) is 2.07. The third-order valence-corrected chi connectivity index (χ3v) is 2.95. The molecule has 12 heavy (non-hydrogen) atoms. The van der Waals surface area contributed by atoms with Crippen LogP contribution in [-0.2, 0) is 4.79 Å². The van der Waals surface area contributed by atoms with Crippen LogP contribution in [0.3, 0.4) is 0 Å². The summed E-state index contributed by atoms with van der Waals surface area (Å²) < 4.78 is 0. The number of nitrogens with one attached hydrogen (secondary N) is 1. The Balaban J connectivity index is 1.67. The predicted octanol–water partition coefficient (Wildman–Crippen LogP) is 1.50. The molecule has 2 aliphatic rings. The Hall–Kier alpha value is -0.370. The molecule has 2 aliphatic carbocycles. The van der Waals surface area contributed by atoms with E-state index in [2.05, 4.69) is 5.32 Å². The summed E-state index contributed by atoms with van der Waals surface area (Å²) in [6.07, 6.45) is 7.37. The van der Waals surface area contributed by atoms with Crippen molar-refractivity contribution in [3.63, 3.8) is 0 Å². The fraction of sp³-hybridized carbons (Fsp3) is 0.900. The second-order valence-corrected chi connectivity index (χ2v) is 4.10. The first kappa shape index (κ1) is 8.24. The Morgan fingerprint density at radius 3 is 2.42 bits per heavy atom. The SMILES string of the molecule is O=C(CNC1CC1)C1CCCC1. The molecular formula is C10H17NO. The quantitative estimate of drug-likeness (QED) is 0.687. The van der Waals surface area contributed by atoms with Crippen LogP contribution >= 0.6 is 0 Å². The molecule has 68 valence electrons. The van der Waals surface area contributed by atoms with Crippen molar-refractivity contribution in [2.75, 3.05) is 6.54 Å². The minimum Gasteiger partial charge on any atom is -0.307 e. The molecule has 2 heteroatoms. The first-order valence-electron chi connectivity index (χ1n) is 5.12. The third-order valence-electron chi connectivity index (χ3n) is 2.95. The van der Waals surface area contributed by atoms with Gasteiger partial charge in [-0.15, -0.1) is 0 Å². The molecule has 0 bridgehead atoms. The van der Waals surface area contributed by atoms with Gasteiger partial charge >= 0.3 is 0 Å². The summed E-state index contributed by atoms with van der Waals surface area (Å²) in [4.78, 5) is 11.5. The summed E-state index contributed by atoms with van der Waals surface area (Å²) in [7, 11) is 0. The number of hydrogen-bond acceptors (Lipinski definition) is 2. The largest absolute Gasteiger partial charge is 0.307 e. The smallest absolute Gasteiger partial charge is 0.149 e. The van der Waals surface area contributed by atoms with Crippen molar-refractivity contribution in [3.05, 3.63) is 0 Å². The van der Waals surface area contributed by atoms with Crippen LogP contribution in [0.25, 0.3) is 0 Å². The van der Waals surface area contributed by atoms with E-state index in [1.807, 2.05) is 0 Å². The highest BCUT2D eigenvalue weighted by atomic mass is 16.1. The van der Waals surface area contributed by atoms with E-state index >= 15 is 0 Å². The first-order chi connectivity index (χ1) is 5.86. The van der Waals surface area contributed by atoms with Gasteiger partial charge in [-0.2, -0.15) is 0 Å². The lowest BCUT2D eigenvalue weighted by molar-refractivity contribution is -0.121. The standard InChI is InChI=1S/C10H17NO/c12-10(7-11-9-5-6-9)8-3-1-2-4-8/h8-9,11H,1-7H2. The number of rotatable bonds is 4. The highest BCUT2D eigenvalue weighted by molar-refractivity contribution is 5.83. The van der Waals surface area contributed by atoms with Crippen molar-refractivity contribution < 1.29 is 4.79 Å². The molecule has 2 fully saturated rings. The van der Waals surface area contributed by atoms with Crippen molar-refractivity contribution in [2.45, 2.75) is 44.6 Å². The van der Waals surface area contributed by atoms with Gasteiger partial charge in [0.1, 0.15) is 5.78 Å². The first-order valence-corrected chi connectivity index (χ1v) is 5.12. The van der Waals surface area contributed by atoms with Crippen molar-refractivity contribution in [1.82, 2.24) is 5.32 Å². The van der Waals surface area contributed by atoms with Gasteiger partial charge in [0.15, 0.2) is 0 Å². The second kappa shape index (κ2) is 3.56. The van der Waals surface area contributed by atoms with E-state index in [-0.39, 0.29) is 0 Å². The fourth-order valence-electron chi connectivity index (χ4n) is 1.92. The molecule has 0 unspecified atom stereocenters. The van der Waals surface area contributed by atoms with Gasteiger partial charge in [-0.1, -0.05) is 12.8 Å². The van der Waals surface area contributed by atoms with Crippen LogP contribution in [0.4, 0.5) is 0 Å². The maximum atomic E-state index is 11.5. The van der Waals surface area contributed by atoms with Crippen LogP contribution in [0, 0.1) is 5.92 Å². The molecule has 2 nitrogen and oxygen atoms in total. The lowest BCUT2D eigenvalue weighted by Gasteiger charge is -2.07. The Morgan fingerprint density at radius 2 is 1.83 bits per heavy atom. The molecule has 0 aromatic rings. The van der Waals surface area contributed by atoms with Crippen LogP contribution < -0.4 is 5.32 Å². The zero-order valence-electron chi connectivity index (χ0n) is 7.51. The van der Waals surface area contributed by atoms with Gasteiger partial charge in [0, 0.05) is 12.0 Å². The minimum absolute atomic E-state index is 0.399. The summed E-state index contributed by atoms with van der Waals surface area (Å²) in [6, 6.07) is 0.676. The van der Waals surface area contributed by atoms with E-state index in [9.17, 15) is 4.79 Å². The molecule has 0 aliphatic heterocycles. The molecule has 0 amide bonds. The van der Waals surface area contributed by atoms with Crippen molar-refractivity contribution >= 4 is 5.78 Å². The summed E-state index contributed by atoms with van der Waals surface area (Å²) in [6.45, 7) is 0.634. The van der Waals surface area contributed by atoms with Crippen molar-refractivity contribution in [2.24, 2.45) is 5.92 Å². The number of carbonyl (C=O) groups excluding carboxylic acids is 1. The number of ketones is 1. The van der Waals surface area contributed by atoms with E-state index in [1.165, 1.54) is 25.7 Å². The Morgan fingerprint density at radius 1 is 1.17 bits per heavy atom. The van der Waals surface area contributed by atoms with Gasteiger partial charge in [0.2, 0.25) is 0 Å². The maximum Gasteiger partial charge on any atom is 0.149 e. The average molecular weight is 167 g/mol. The van der Waals surface area contributed by atoms with Crippen LogP contribution in [0.15, 0.2) is 0 Å². The van der Waals surface area contributed by atoms with Crippen molar-refractivity contribution in [1.29, 1.82) is 0 Å². The van der Waals surface area contributed by atoms with E-state index < -0.39 is 0 Å². The van der Waals surface area contributed by atoms with Crippen LogP contribution in [-0.4, -0.2) is 18.4 Å². The normalized spacial score (nSPS) is 24.7. The number of carbonyl (C=O) groups is 1. The van der Waals surface area contributed by atoms with E-state index in [4.69, 9.17) is 0 Å². The Labute approximate surface area is 73.7 Å². The lowest BCUT2D eigenvalue weighted by atomic mass is 10.0. The van der Waals surface area contributed by atoms with Crippen LogP contribution in [0.1, 0.15) is 38.5 Å². The lowest BCUT2D eigenvalue weighted by Crippen LogP contribution is -2.28. The molecule has 2 rings (SSSR count). The van der Waals surface area contributed by atoms with Crippen LogP contribution in [0.5, 0.6) is 0 Å². The van der Waals surface area contributed by atoms with Gasteiger partial charge in [0.25, 0.3) is 0 Å². The average Bonchev–Trinajstić information content (AvgIpc) is 2.74. The fourth-order valence-corrected chi connectivity index (χ4v) is 1.92. The summed E-state index contributed by atoms with van der Waals surface area (Å²) in [5, 5.41) is 3.28. The highest BCUT2D eigenvalue weighted by Gasteiger charge is 2.25. The summed E-state index contributed by atoms with van der Waals surface area (Å²) in [5.74, 6) is 0.857. The highest BCUT2D eigenvalue weighted by Crippen LogP contribution is 2.25. The Bertz CT molecular complexity index is 169. The Kier molecular flexibility index (Phi) is 2.45. The van der Waals surface area contributed by atoms with Gasteiger partial charge in [-0.25, -0.2) is 0 Å². The molecule has 0 aromatic heterocycles. The molecule has 0 saturated heterocycles. The maximum absolute atomic E-state index is 11.5. The summed E-state index contributed by atoms with van der Waals surface area (Å²) >= 11 is 0. The summed E-state index contributed by atoms with van der Waals surface area (Å²) in [5.41, 5.74) is 0. The predicted molar refractivity (Wildman–Crippen MR) is 48.0 cm³/mol. The van der Waals surface area contributed by atoms with Gasteiger partial charge in [0.05, 0.1) is 6.54 Å². The zero-order chi connectivity index (χ0) is 8.39. The molecule has 1 N–H and O–H groups in total. The van der Waals surface area contributed by atoms with Gasteiger partial charge < -0.3 is 5.32 Å². The number of Topliss-reactive ketones (excluding diaryl/α,β-unsaturated/α-hetero) is 1. The van der Waals surface area contributed by atoms with Gasteiger partial charge in [-0.3, -0.25) is 4.79 Å². The molecule has 0 radical (unpaired) electrons.